The van der Waals surface area contributed by atoms with Crippen molar-refractivity contribution in [3.63, 3.8) is 0 Å². The van der Waals surface area contributed by atoms with Gasteiger partial charge in [-0.25, -0.2) is 0 Å². The van der Waals surface area contributed by atoms with Crippen LogP contribution in [0.15, 0.2) is 28.7 Å². The molecule has 0 aromatic heterocycles. The lowest BCUT2D eigenvalue weighted by Crippen LogP contribution is -2.33. The summed E-state index contributed by atoms with van der Waals surface area (Å²) in [7, 11) is 1.67. The van der Waals surface area contributed by atoms with Gasteiger partial charge < -0.3 is 15.4 Å². The molecule has 0 saturated carbocycles. The highest BCUT2D eigenvalue weighted by Crippen LogP contribution is 2.11. The molecule has 108 valence electrons. The molecule has 0 atom stereocenters. The predicted molar refractivity (Wildman–Crippen MR) is 82.8 cm³/mol. The smallest absolute Gasteiger partial charge is 0.224 e. The molecule has 0 radical (unpaired) electrons. The number of halogens is 2. The maximum Gasteiger partial charge on any atom is 0.224 e. The molecule has 1 aromatic carbocycles. The van der Waals surface area contributed by atoms with Gasteiger partial charge >= 0.3 is 0 Å². The Kier molecular flexibility index (Phi) is 10.9. The Bertz CT molecular complexity index is 377. The third-order valence-corrected chi connectivity index (χ3v) is 2.85. The van der Waals surface area contributed by atoms with E-state index in [1.165, 1.54) is 0 Å². The first kappa shape index (κ1) is 18.4. The third kappa shape index (κ3) is 8.99. The molecule has 0 unspecified atom stereocenters. The van der Waals surface area contributed by atoms with E-state index in [0.717, 1.165) is 23.1 Å². The van der Waals surface area contributed by atoms with Crippen LogP contribution in [-0.2, 0) is 16.0 Å². The zero-order chi connectivity index (χ0) is 13.2. The summed E-state index contributed by atoms with van der Waals surface area (Å²) >= 11 is 3.39. The molecule has 4 nitrogen and oxygen atoms in total. The van der Waals surface area contributed by atoms with Crippen LogP contribution in [0, 0.1) is 0 Å². The highest BCUT2D eigenvalue weighted by Gasteiger charge is 2.02. The number of carbonyl (C=O) groups excluding carboxylic acids is 1. The summed E-state index contributed by atoms with van der Waals surface area (Å²) in [6.45, 7) is 2.88. The molecular weight excluding hydrogens is 332 g/mol. The molecule has 0 heterocycles. The van der Waals surface area contributed by atoms with Crippen LogP contribution in [-0.4, -0.2) is 39.3 Å². The van der Waals surface area contributed by atoms with E-state index in [1.54, 1.807) is 7.11 Å². The molecule has 1 aromatic rings. The van der Waals surface area contributed by atoms with Gasteiger partial charge in [-0.3, -0.25) is 4.79 Å². The van der Waals surface area contributed by atoms with Crippen molar-refractivity contribution in [1.29, 1.82) is 0 Å². The number of hydrogen-bond donors (Lipinski definition) is 2. The van der Waals surface area contributed by atoms with Crippen LogP contribution < -0.4 is 10.6 Å². The van der Waals surface area contributed by atoms with Crippen molar-refractivity contribution >= 4 is 34.2 Å². The number of rotatable bonds is 8. The molecule has 19 heavy (non-hydrogen) atoms. The number of hydrogen-bond acceptors (Lipinski definition) is 3. The fourth-order valence-corrected chi connectivity index (χ4v) is 1.93. The summed E-state index contributed by atoms with van der Waals surface area (Å²) in [5, 5.41) is 6.04. The maximum absolute atomic E-state index is 11.6. The van der Waals surface area contributed by atoms with Gasteiger partial charge in [0, 0.05) is 31.2 Å². The van der Waals surface area contributed by atoms with Crippen molar-refractivity contribution in [1.82, 2.24) is 10.6 Å². The van der Waals surface area contributed by atoms with Crippen LogP contribution in [0.4, 0.5) is 0 Å². The van der Waals surface area contributed by atoms with E-state index in [1.807, 2.05) is 24.3 Å². The second kappa shape index (κ2) is 11.2. The predicted octanol–water partition coefficient (Wildman–Crippen LogP) is 1.77. The molecule has 0 bridgehead atoms. The third-order valence-electron chi connectivity index (χ3n) is 2.36. The first-order valence-corrected chi connectivity index (χ1v) is 6.72. The van der Waals surface area contributed by atoms with E-state index in [9.17, 15) is 4.79 Å². The Hall–Kier alpha value is -0.620. The molecule has 0 spiro atoms. The zero-order valence-electron chi connectivity index (χ0n) is 10.9. The lowest BCUT2D eigenvalue weighted by molar-refractivity contribution is -0.120. The Labute approximate surface area is 128 Å². The molecule has 6 heteroatoms. The molecule has 0 saturated heterocycles. The van der Waals surface area contributed by atoms with Gasteiger partial charge in [-0.1, -0.05) is 28.1 Å². The van der Waals surface area contributed by atoms with Gasteiger partial charge in [0.05, 0.1) is 13.0 Å². The number of benzene rings is 1. The van der Waals surface area contributed by atoms with Gasteiger partial charge in [-0.15, -0.1) is 12.4 Å². The van der Waals surface area contributed by atoms with E-state index in [0.29, 0.717) is 19.6 Å². The average molecular weight is 352 g/mol. The molecule has 1 rings (SSSR count). The largest absolute Gasteiger partial charge is 0.383 e. The number of nitrogens with one attached hydrogen (secondary N) is 2. The summed E-state index contributed by atoms with van der Waals surface area (Å²) < 4.78 is 5.90. The highest BCUT2D eigenvalue weighted by atomic mass is 79.9. The minimum atomic E-state index is 0. The summed E-state index contributed by atoms with van der Waals surface area (Å²) in [5.74, 6) is 0.0432. The number of carbonyl (C=O) groups is 1. The van der Waals surface area contributed by atoms with Crippen molar-refractivity contribution in [2.45, 2.75) is 6.42 Å². The van der Waals surface area contributed by atoms with Crippen LogP contribution in [0.2, 0.25) is 0 Å². The van der Waals surface area contributed by atoms with E-state index in [-0.39, 0.29) is 18.3 Å². The van der Waals surface area contributed by atoms with Crippen molar-refractivity contribution in [3.8, 4) is 0 Å². The van der Waals surface area contributed by atoms with Crippen LogP contribution in [0.1, 0.15) is 5.56 Å². The normalized spacial score (nSPS) is 9.79. The Morgan fingerprint density at radius 2 is 2.11 bits per heavy atom. The molecular formula is C13H20BrClN2O2. The summed E-state index contributed by atoms with van der Waals surface area (Å²) in [6.07, 6.45) is 0.414. The highest BCUT2D eigenvalue weighted by molar-refractivity contribution is 9.10. The second-order valence-electron chi connectivity index (χ2n) is 3.90. The van der Waals surface area contributed by atoms with E-state index in [4.69, 9.17) is 4.74 Å². The zero-order valence-corrected chi connectivity index (χ0v) is 13.4. The fraction of sp³-hybridized carbons (Fsp3) is 0.462. The molecule has 0 aliphatic carbocycles. The van der Waals surface area contributed by atoms with Gasteiger partial charge in [0.15, 0.2) is 0 Å². The first-order valence-electron chi connectivity index (χ1n) is 5.93. The van der Waals surface area contributed by atoms with E-state index >= 15 is 0 Å². The standard InChI is InChI=1S/C13H19BrN2O2.ClH/c1-18-8-7-15-5-6-16-13(17)10-11-3-2-4-12(14)9-11;/h2-4,9,15H,5-8,10H2,1H3,(H,16,17);1H. The van der Waals surface area contributed by atoms with Gasteiger partial charge in [0.2, 0.25) is 5.91 Å². The molecule has 2 N–H and O–H groups in total. The maximum atomic E-state index is 11.6. The molecule has 1 amide bonds. The van der Waals surface area contributed by atoms with Crippen LogP contribution in [0.3, 0.4) is 0 Å². The lowest BCUT2D eigenvalue weighted by atomic mass is 10.1. The molecule has 0 aliphatic rings. The molecule has 0 fully saturated rings. The van der Waals surface area contributed by atoms with Crippen LogP contribution in [0.5, 0.6) is 0 Å². The monoisotopic (exact) mass is 350 g/mol. The van der Waals surface area contributed by atoms with Crippen molar-refractivity contribution < 1.29 is 9.53 Å². The number of ether oxygens (including phenoxy) is 1. The minimum Gasteiger partial charge on any atom is -0.383 e. The van der Waals surface area contributed by atoms with Crippen LogP contribution >= 0.6 is 28.3 Å². The first-order chi connectivity index (χ1) is 8.72. The van der Waals surface area contributed by atoms with E-state index < -0.39 is 0 Å². The quantitative estimate of drug-likeness (QED) is 0.702. The Morgan fingerprint density at radius 1 is 1.32 bits per heavy atom. The van der Waals surface area contributed by atoms with Crippen molar-refractivity contribution in [2.24, 2.45) is 0 Å². The van der Waals surface area contributed by atoms with Gasteiger partial charge in [-0.05, 0) is 17.7 Å². The fourth-order valence-electron chi connectivity index (χ4n) is 1.48. The Morgan fingerprint density at radius 3 is 2.79 bits per heavy atom. The van der Waals surface area contributed by atoms with Gasteiger partial charge in [0.1, 0.15) is 0 Å². The van der Waals surface area contributed by atoms with Crippen molar-refractivity contribution in [2.75, 3.05) is 33.4 Å². The number of methoxy groups -OCH3 is 1. The summed E-state index contributed by atoms with van der Waals surface area (Å²) in [5.41, 5.74) is 1.01. The second-order valence-corrected chi connectivity index (χ2v) is 4.82. The average Bonchev–Trinajstić information content (AvgIpc) is 2.33. The summed E-state index contributed by atoms with van der Waals surface area (Å²) in [6, 6.07) is 7.78. The Balaban J connectivity index is 0.00000324. The molecule has 0 aliphatic heterocycles. The van der Waals surface area contributed by atoms with E-state index in [2.05, 4.69) is 26.6 Å². The van der Waals surface area contributed by atoms with Gasteiger partial charge in [-0.2, -0.15) is 0 Å². The van der Waals surface area contributed by atoms with Crippen molar-refractivity contribution in [3.05, 3.63) is 34.3 Å². The minimum absolute atomic E-state index is 0. The SMILES string of the molecule is COCCNCCNC(=O)Cc1cccc(Br)c1.Cl. The van der Waals surface area contributed by atoms with Gasteiger partial charge in [0.25, 0.3) is 0 Å². The van der Waals surface area contributed by atoms with Crippen LogP contribution in [0.25, 0.3) is 0 Å². The lowest BCUT2D eigenvalue weighted by Gasteiger charge is -2.07. The number of amides is 1. The summed E-state index contributed by atoms with van der Waals surface area (Å²) in [4.78, 5) is 11.6. The topological polar surface area (TPSA) is 50.4 Å².